The lowest BCUT2D eigenvalue weighted by molar-refractivity contribution is -0.123. The molecule has 0 aliphatic carbocycles. The standard InChI is InChI=1S/C13H16N4O/c1-13(2,3)12(18)15-11-8-10(16-17-11)9-4-6-14-7-5-9/h4-8H,1-3H3,(H2,15,16,17,18). The number of pyridine rings is 1. The fourth-order valence-electron chi connectivity index (χ4n) is 1.37. The SMILES string of the molecule is CC(C)(C)C(=O)Nc1cc(-c2ccncc2)[nH]n1. The van der Waals surface area contributed by atoms with Crippen molar-refractivity contribution in [3.05, 3.63) is 30.6 Å². The molecule has 0 bridgehead atoms. The van der Waals surface area contributed by atoms with Crippen LogP contribution in [0.5, 0.6) is 0 Å². The Labute approximate surface area is 106 Å². The Morgan fingerprint density at radius 3 is 2.56 bits per heavy atom. The molecule has 2 aromatic rings. The van der Waals surface area contributed by atoms with Crippen LogP contribution in [0.2, 0.25) is 0 Å². The van der Waals surface area contributed by atoms with Crippen LogP contribution in [0.15, 0.2) is 30.6 Å². The average Bonchev–Trinajstić information content (AvgIpc) is 2.77. The van der Waals surface area contributed by atoms with Crippen LogP contribution in [0.4, 0.5) is 5.82 Å². The lowest BCUT2D eigenvalue weighted by Gasteiger charge is -2.15. The molecule has 0 unspecified atom stereocenters. The molecule has 5 heteroatoms. The van der Waals surface area contributed by atoms with Crippen molar-refractivity contribution in [3.8, 4) is 11.3 Å². The molecule has 5 nitrogen and oxygen atoms in total. The summed E-state index contributed by atoms with van der Waals surface area (Å²) in [6, 6.07) is 5.56. The van der Waals surface area contributed by atoms with Gasteiger partial charge in [0, 0.05) is 29.4 Å². The zero-order valence-corrected chi connectivity index (χ0v) is 10.7. The van der Waals surface area contributed by atoms with E-state index in [1.54, 1.807) is 18.5 Å². The van der Waals surface area contributed by atoms with Crippen molar-refractivity contribution in [2.24, 2.45) is 5.41 Å². The normalized spacial score (nSPS) is 11.3. The van der Waals surface area contributed by atoms with E-state index >= 15 is 0 Å². The molecule has 0 spiro atoms. The largest absolute Gasteiger partial charge is 0.309 e. The first-order valence-electron chi connectivity index (χ1n) is 5.74. The number of amides is 1. The van der Waals surface area contributed by atoms with Crippen LogP contribution >= 0.6 is 0 Å². The maximum Gasteiger partial charge on any atom is 0.230 e. The topological polar surface area (TPSA) is 70.7 Å². The van der Waals surface area contributed by atoms with E-state index < -0.39 is 5.41 Å². The number of hydrogen-bond donors (Lipinski definition) is 2. The number of carbonyl (C=O) groups excluding carboxylic acids is 1. The molecule has 94 valence electrons. The molecular weight excluding hydrogens is 228 g/mol. The molecule has 0 aliphatic rings. The summed E-state index contributed by atoms with van der Waals surface area (Å²) in [6.07, 6.45) is 3.42. The fourth-order valence-corrected chi connectivity index (χ4v) is 1.37. The molecule has 2 aromatic heterocycles. The second-order valence-corrected chi connectivity index (χ2v) is 5.11. The fraction of sp³-hybridized carbons (Fsp3) is 0.308. The van der Waals surface area contributed by atoms with Gasteiger partial charge < -0.3 is 5.32 Å². The number of anilines is 1. The molecule has 0 radical (unpaired) electrons. The molecule has 1 amide bonds. The first kappa shape index (κ1) is 12.3. The van der Waals surface area contributed by atoms with Crippen molar-refractivity contribution in [2.75, 3.05) is 5.32 Å². The Morgan fingerprint density at radius 2 is 1.94 bits per heavy atom. The van der Waals surface area contributed by atoms with Crippen LogP contribution in [-0.4, -0.2) is 21.1 Å². The number of aromatic nitrogens is 3. The summed E-state index contributed by atoms with van der Waals surface area (Å²) in [5.74, 6) is 0.469. The van der Waals surface area contributed by atoms with E-state index in [0.29, 0.717) is 5.82 Å². The second kappa shape index (κ2) is 4.60. The second-order valence-electron chi connectivity index (χ2n) is 5.11. The Morgan fingerprint density at radius 1 is 1.28 bits per heavy atom. The minimum atomic E-state index is -0.435. The number of nitrogens with zero attached hydrogens (tertiary/aromatic N) is 2. The van der Waals surface area contributed by atoms with E-state index in [1.807, 2.05) is 32.9 Å². The quantitative estimate of drug-likeness (QED) is 0.852. The molecule has 2 heterocycles. The number of rotatable bonds is 2. The summed E-state index contributed by atoms with van der Waals surface area (Å²) in [7, 11) is 0. The third-order valence-electron chi connectivity index (χ3n) is 2.49. The predicted octanol–water partition coefficient (Wildman–Crippen LogP) is 2.46. The van der Waals surface area contributed by atoms with Crippen molar-refractivity contribution in [3.63, 3.8) is 0 Å². The molecule has 0 saturated carbocycles. The molecule has 2 N–H and O–H groups in total. The third-order valence-corrected chi connectivity index (χ3v) is 2.49. The van der Waals surface area contributed by atoms with E-state index in [-0.39, 0.29) is 5.91 Å². The van der Waals surface area contributed by atoms with Gasteiger partial charge in [-0.2, -0.15) is 5.10 Å². The van der Waals surface area contributed by atoms with Gasteiger partial charge >= 0.3 is 0 Å². The monoisotopic (exact) mass is 244 g/mol. The third kappa shape index (κ3) is 2.74. The van der Waals surface area contributed by atoms with E-state index in [9.17, 15) is 4.79 Å². The Bertz CT molecular complexity index is 540. The van der Waals surface area contributed by atoms with Crippen molar-refractivity contribution in [2.45, 2.75) is 20.8 Å². The van der Waals surface area contributed by atoms with Gasteiger partial charge in [0.2, 0.25) is 5.91 Å². The first-order valence-corrected chi connectivity index (χ1v) is 5.74. The highest BCUT2D eigenvalue weighted by atomic mass is 16.2. The van der Waals surface area contributed by atoms with Gasteiger partial charge in [-0.15, -0.1) is 0 Å². The molecule has 0 saturated heterocycles. The molecule has 0 aliphatic heterocycles. The summed E-state index contributed by atoms with van der Waals surface area (Å²) in [4.78, 5) is 15.8. The zero-order valence-electron chi connectivity index (χ0n) is 10.7. The van der Waals surface area contributed by atoms with Crippen molar-refractivity contribution >= 4 is 11.7 Å². The van der Waals surface area contributed by atoms with E-state index in [0.717, 1.165) is 11.3 Å². The van der Waals surface area contributed by atoms with Gasteiger partial charge in [-0.3, -0.25) is 14.9 Å². The van der Waals surface area contributed by atoms with Crippen LogP contribution in [-0.2, 0) is 4.79 Å². The summed E-state index contributed by atoms with van der Waals surface area (Å²) in [5.41, 5.74) is 1.39. The number of hydrogen-bond acceptors (Lipinski definition) is 3. The Kier molecular flexibility index (Phi) is 3.14. The highest BCUT2D eigenvalue weighted by molar-refractivity contribution is 5.94. The molecule has 0 atom stereocenters. The predicted molar refractivity (Wildman–Crippen MR) is 69.9 cm³/mol. The molecule has 18 heavy (non-hydrogen) atoms. The number of aromatic amines is 1. The van der Waals surface area contributed by atoms with Crippen molar-refractivity contribution in [1.29, 1.82) is 0 Å². The maximum absolute atomic E-state index is 11.8. The highest BCUT2D eigenvalue weighted by Gasteiger charge is 2.21. The molecule has 0 fully saturated rings. The van der Waals surface area contributed by atoms with Crippen molar-refractivity contribution in [1.82, 2.24) is 15.2 Å². The summed E-state index contributed by atoms with van der Waals surface area (Å²) in [6.45, 7) is 5.58. The van der Waals surface area contributed by atoms with Gasteiger partial charge in [0.15, 0.2) is 5.82 Å². The lowest BCUT2D eigenvalue weighted by atomic mass is 9.96. The minimum absolute atomic E-state index is 0.0599. The highest BCUT2D eigenvalue weighted by Crippen LogP contribution is 2.20. The van der Waals surface area contributed by atoms with E-state index in [4.69, 9.17) is 0 Å². The number of H-pyrrole nitrogens is 1. The summed E-state index contributed by atoms with van der Waals surface area (Å²) < 4.78 is 0. The zero-order chi connectivity index (χ0) is 13.2. The van der Waals surface area contributed by atoms with E-state index in [1.165, 1.54) is 0 Å². The summed E-state index contributed by atoms with van der Waals surface area (Å²) >= 11 is 0. The smallest absolute Gasteiger partial charge is 0.230 e. The van der Waals surface area contributed by atoms with Gasteiger partial charge in [0.1, 0.15) is 0 Å². The van der Waals surface area contributed by atoms with Crippen molar-refractivity contribution < 1.29 is 4.79 Å². The number of nitrogens with one attached hydrogen (secondary N) is 2. The maximum atomic E-state index is 11.8. The van der Waals surface area contributed by atoms with Crippen LogP contribution < -0.4 is 5.32 Å². The van der Waals surface area contributed by atoms with Crippen LogP contribution in [0.1, 0.15) is 20.8 Å². The van der Waals surface area contributed by atoms with Gasteiger partial charge in [0.05, 0.1) is 5.69 Å². The van der Waals surface area contributed by atoms with Gasteiger partial charge in [-0.1, -0.05) is 20.8 Å². The summed E-state index contributed by atoms with van der Waals surface area (Å²) in [5, 5.41) is 9.73. The Balaban J connectivity index is 2.15. The van der Waals surface area contributed by atoms with Crippen LogP contribution in [0.3, 0.4) is 0 Å². The Hall–Kier alpha value is -2.17. The number of carbonyl (C=O) groups is 1. The lowest BCUT2D eigenvalue weighted by Crippen LogP contribution is -2.27. The van der Waals surface area contributed by atoms with Crippen LogP contribution in [0.25, 0.3) is 11.3 Å². The van der Waals surface area contributed by atoms with Crippen LogP contribution in [0, 0.1) is 5.41 Å². The molecular formula is C13H16N4O. The molecule has 2 rings (SSSR count). The van der Waals surface area contributed by atoms with Gasteiger partial charge in [0.25, 0.3) is 0 Å². The first-order chi connectivity index (χ1) is 8.47. The van der Waals surface area contributed by atoms with E-state index in [2.05, 4.69) is 20.5 Å². The average molecular weight is 244 g/mol. The molecule has 0 aromatic carbocycles. The van der Waals surface area contributed by atoms with Gasteiger partial charge in [-0.25, -0.2) is 0 Å². The van der Waals surface area contributed by atoms with Gasteiger partial charge in [-0.05, 0) is 12.1 Å². The minimum Gasteiger partial charge on any atom is -0.309 e.